The first-order chi connectivity index (χ1) is 6.68. The Bertz CT molecular complexity index is 155. The van der Waals surface area contributed by atoms with E-state index in [0.717, 1.165) is 31.0 Å². The second-order valence-corrected chi connectivity index (χ2v) is 4.27. The minimum atomic E-state index is -0.912. The molecule has 4 nitrogen and oxygen atoms in total. The molecular weight excluding hydrogens is 202 g/mol. The molecule has 14 heavy (non-hydrogen) atoms. The van der Waals surface area contributed by atoms with Gasteiger partial charge in [0.05, 0.1) is 0 Å². The summed E-state index contributed by atoms with van der Waals surface area (Å²) >= 11 is 1.75. The van der Waals surface area contributed by atoms with Gasteiger partial charge >= 0.3 is 5.97 Å². The number of rotatable bonds is 9. The van der Waals surface area contributed by atoms with Gasteiger partial charge in [0.15, 0.2) is 0 Å². The largest absolute Gasteiger partial charge is 0.480 e. The maximum atomic E-state index is 10.4. The van der Waals surface area contributed by atoms with Crippen molar-refractivity contribution < 1.29 is 14.6 Å². The fourth-order valence-electron chi connectivity index (χ4n) is 0.886. The van der Waals surface area contributed by atoms with Crippen LogP contribution in [-0.2, 0) is 9.53 Å². The third-order valence-electron chi connectivity index (χ3n) is 1.78. The highest BCUT2D eigenvalue weighted by atomic mass is 32.2. The average molecular weight is 221 g/mol. The summed E-state index contributed by atoms with van der Waals surface area (Å²) in [5, 5.41) is 8.50. The van der Waals surface area contributed by atoms with Gasteiger partial charge in [0, 0.05) is 13.7 Å². The summed E-state index contributed by atoms with van der Waals surface area (Å²) in [5.41, 5.74) is 5.35. The second kappa shape index (κ2) is 9.30. The van der Waals surface area contributed by atoms with Gasteiger partial charge in [-0.2, -0.15) is 11.8 Å². The van der Waals surface area contributed by atoms with Gasteiger partial charge in [0.2, 0.25) is 0 Å². The Hall–Kier alpha value is -0.260. The van der Waals surface area contributed by atoms with E-state index < -0.39 is 12.0 Å². The number of hydrogen-bond acceptors (Lipinski definition) is 4. The van der Waals surface area contributed by atoms with Crippen LogP contribution in [0, 0.1) is 0 Å². The van der Waals surface area contributed by atoms with Crippen molar-refractivity contribution >= 4 is 17.7 Å². The molecule has 0 amide bonds. The van der Waals surface area contributed by atoms with E-state index in [9.17, 15) is 4.79 Å². The van der Waals surface area contributed by atoms with Crippen molar-refractivity contribution in [2.75, 3.05) is 25.2 Å². The summed E-state index contributed by atoms with van der Waals surface area (Å²) < 4.78 is 4.91. The number of thioether (sulfide) groups is 1. The molecule has 0 saturated carbocycles. The normalized spacial score (nSPS) is 12.7. The number of carbonyl (C=O) groups is 1. The lowest BCUT2D eigenvalue weighted by molar-refractivity contribution is -0.138. The van der Waals surface area contributed by atoms with Gasteiger partial charge in [0.25, 0.3) is 0 Å². The number of methoxy groups -OCH3 is 1. The molecule has 0 aromatic heterocycles. The summed E-state index contributed by atoms with van der Waals surface area (Å²) in [7, 11) is 1.69. The summed E-state index contributed by atoms with van der Waals surface area (Å²) in [5.74, 6) is 0.959. The van der Waals surface area contributed by atoms with Gasteiger partial charge in [0.1, 0.15) is 6.04 Å². The monoisotopic (exact) mass is 221 g/mol. The molecule has 0 aliphatic rings. The molecule has 84 valence electrons. The van der Waals surface area contributed by atoms with E-state index in [1.165, 1.54) is 0 Å². The van der Waals surface area contributed by atoms with Gasteiger partial charge in [-0.15, -0.1) is 0 Å². The van der Waals surface area contributed by atoms with Crippen molar-refractivity contribution in [3.8, 4) is 0 Å². The van der Waals surface area contributed by atoms with Crippen LogP contribution in [0.5, 0.6) is 0 Å². The SMILES string of the molecule is COCCCCSCCC(N)C(=O)O. The molecule has 0 spiro atoms. The summed E-state index contributed by atoms with van der Waals surface area (Å²) in [6.07, 6.45) is 2.72. The molecule has 0 bridgehead atoms. The summed E-state index contributed by atoms with van der Waals surface area (Å²) in [4.78, 5) is 10.4. The summed E-state index contributed by atoms with van der Waals surface area (Å²) in [6, 6.07) is -0.707. The zero-order chi connectivity index (χ0) is 10.8. The lowest BCUT2D eigenvalue weighted by atomic mass is 10.2. The van der Waals surface area contributed by atoms with Gasteiger partial charge in [-0.3, -0.25) is 4.79 Å². The van der Waals surface area contributed by atoms with E-state index in [2.05, 4.69) is 0 Å². The van der Waals surface area contributed by atoms with E-state index in [4.69, 9.17) is 15.6 Å². The fraction of sp³-hybridized carbons (Fsp3) is 0.889. The number of ether oxygens (including phenoxy) is 1. The van der Waals surface area contributed by atoms with E-state index in [0.29, 0.717) is 6.42 Å². The molecule has 0 rings (SSSR count). The fourth-order valence-corrected chi connectivity index (χ4v) is 1.92. The summed E-state index contributed by atoms with van der Waals surface area (Å²) in [6.45, 7) is 0.801. The van der Waals surface area contributed by atoms with Crippen LogP contribution in [0.2, 0.25) is 0 Å². The van der Waals surface area contributed by atoms with Crippen LogP contribution in [0.15, 0.2) is 0 Å². The van der Waals surface area contributed by atoms with Crippen LogP contribution >= 0.6 is 11.8 Å². The number of carboxylic acids is 1. The Morgan fingerprint density at radius 1 is 1.50 bits per heavy atom. The van der Waals surface area contributed by atoms with E-state index >= 15 is 0 Å². The van der Waals surface area contributed by atoms with Gasteiger partial charge in [-0.25, -0.2) is 0 Å². The molecule has 0 aromatic rings. The molecule has 1 unspecified atom stereocenters. The Morgan fingerprint density at radius 2 is 2.21 bits per heavy atom. The molecule has 0 heterocycles. The van der Waals surface area contributed by atoms with E-state index in [1.54, 1.807) is 18.9 Å². The van der Waals surface area contributed by atoms with Crippen LogP contribution in [0.3, 0.4) is 0 Å². The topological polar surface area (TPSA) is 72.5 Å². The smallest absolute Gasteiger partial charge is 0.320 e. The van der Waals surface area contributed by atoms with Crippen LogP contribution in [0.1, 0.15) is 19.3 Å². The zero-order valence-electron chi connectivity index (χ0n) is 8.57. The number of hydrogen-bond donors (Lipinski definition) is 2. The lowest BCUT2D eigenvalue weighted by Gasteiger charge is -2.05. The number of unbranched alkanes of at least 4 members (excludes halogenated alkanes) is 1. The molecular formula is C9H19NO3S. The highest BCUT2D eigenvalue weighted by Gasteiger charge is 2.09. The highest BCUT2D eigenvalue weighted by Crippen LogP contribution is 2.07. The minimum Gasteiger partial charge on any atom is -0.480 e. The predicted molar refractivity (Wildman–Crippen MR) is 58.7 cm³/mol. The third-order valence-corrected chi connectivity index (χ3v) is 2.88. The first-order valence-corrected chi connectivity index (χ1v) is 5.89. The average Bonchev–Trinajstić information content (AvgIpc) is 2.16. The molecule has 0 radical (unpaired) electrons. The van der Waals surface area contributed by atoms with Crippen LogP contribution in [0.25, 0.3) is 0 Å². The van der Waals surface area contributed by atoms with E-state index in [-0.39, 0.29) is 0 Å². The molecule has 1 atom stereocenters. The molecule has 0 saturated heterocycles. The van der Waals surface area contributed by atoms with Crippen LogP contribution < -0.4 is 5.73 Å². The zero-order valence-corrected chi connectivity index (χ0v) is 9.39. The molecule has 0 aliphatic carbocycles. The molecule has 0 aliphatic heterocycles. The lowest BCUT2D eigenvalue weighted by Crippen LogP contribution is -2.30. The molecule has 3 N–H and O–H groups in total. The minimum absolute atomic E-state index is 0.546. The first kappa shape index (κ1) is 13.7. The Balaban J connectivity index is 3.09. The van der Waals surface area contributed by atoms with Crippen molar-refractivity contribution in [3.63, 3.8) is 0 Å². The number of aliphatic carboxylic acids is 1. The van der Waals surface area contributed by atoms with E-state index in [1.807, 2.05) is 0 Å². The number of carboxylic acid groups (broad SMARTS) is 1. The molecule has 0 aromatic carbocycles. The maximum absolute atomic E-state index is 10.4. The Morgan fingerprint density at radius 3 is 2.79 bits per heavy atom. The predicted octanol–water partition coefficient (Wildman–Crippen LogP) is 0.948. The van der Waals surface area contributed by atoms with Crippen LogP contribution in [-0.4, -0.2) is 42.3 Å². The number of nitrogens with two attached hydrogens (primary N) is 1. The van der Waals surface area contributed by atoms with Crippen molar-refractivity contribution in [1.82, 2.24) is 0 Å². The molecule has 0 fully saturated rings. The maximum Gasteiger partial charge on any atom is 0.320 e. The quantitative estimate of drug-likeness (QED) is 0.567. The van der Waals surface area contributed by atoms with Crippen molar-refractivity contribution in [1.29, 1.82) is 0 Å². The van der Waals surface area contributed by atoms with Crippen molar-refractivity contribution in [2.45, 2.75) is 25.3 Å². The third kappa shape index (κ3) is 8.34. The molecule has 5 heteroatoms. The van der Waals surface area contributed by atoms with Crippen molar-refractivity contribution in [3.05, 3.63) is 0 Å². The van der Waals surface area contributed by atoms with Gasteiger partial charge < -0.3 is 15.6 Å². The highest BCUT2D eigenvalue weighted by molar-refractivity contribution is 7.99. The Labute approximate surface area is 89.2 Å². The Kier molecular flexibility index (Phi) is 9.13. The van der Waals surface area contributed by atoms with Crippen LogP contribution in [0.4, 0.5) is 0 Å². The second-order valence-electron chi connectivity index (χ2n) is 3.05. The first-order valence-electron chi connectivity index (χ1n) is 4.73. The van der Waals surface area contributed by atoms with Gasteiger partial charge in [-0.05, 0) is 30.8 Å². The van der Waals surface area contributed by atoms with Crippen molar-refractivity contribution in [2.24, 2.45) is 5.73 Å². The standard InChI is InChI=1S/C9H19NO3S/c1-13-5-2-3-6-14-7-4-8(10)9(11)12/h8H,2-7,10H2,1H3,(H,11,12). The van der Waals surface area contributed by atoms with Gasteiger partial charge in [-0.1, -0.05) is 0 Å².